The molecule has 0 aliphatic heterocycles. The van der Waals surface area contributed by atoms with Crippen LogP contribution in [0.4, 0.5) is 0 Å². The first-order valence-electron chi connectivity index (χ1n) is 5.31. The maximum atomic E-state index is 4.32. The second kappa shape index (κ2) is 4.86. The van der Waals surface area contributed by atoms with Crippen molar-refractivity contribution in [2.75, 3.05) is 7.05 Å². The number of pyridine rings is 2. The minimum absolute atomic E-state index is 0.177. The Labute approximate surface area is 95.6 Å². The summed E-state index contributed by atoms with van der Waals surface area (Å²) >= 11 is 0. The Morgan fingerprint density at radius 2 is 1.81 bits per heavy atom. The van der Waals surface area contributed by atoms with E-state index in [0.717, 1.165) is 5.69 Å². The fourth-order valence-corrected chi connectivity index (χ4v) is 1.73. The van der Waals surface area contributed by atoms with E-state index >= 15 is 0 Å². The number of hydrogen-bond acceptors (Lipinski definition) is 3. The van der Waals surface area contributed by atoms with Gasteiger partial charge in [-0.1, -0.05) is 6.07 Å². The minimum atomic E-state index is 0.177. The highest BCUT2D eigenvalue weighted by Gasteiger charge is 2.11. The molecule has 16 heavy (non-hydrogen) atoms. The fraction of sp³-hybridized carbons (Fsp3) is 0.231. The summed E-state index contributed by atoms with van der Waals surface area (Å²) in [5, 5.41) is 3.29. The van der Waals surface area contributed by atoms with E-state index in [1.807, 2.05) is 38.4 Å². The van der Waals surface area contributed by atoms with Gasteiger partial charge in [-0.25, -0.2) is 0 Å². The predicted molar refractivity (Wildman–Crippen MR) is 64.1 cm³/mol. The predicted octanol–water partition coefficient (Wildman–Crippen LogP) is 2.09. The van der Waals surface area contributed by atoms with Gasteiger partial charge in [-0.3, -0.25) is 9.97 Å². The Hall–Kier alpha value is -1.74. The van der Waals surface area contributed by atoms with Crippen LogP contribution >= 0.6 is 0 Å². The maximum absolute atomic E-state index is 4.32. The van der Waals surface area contributed by atoms with Gasteiger partial charge in [0.2, 0.25) is 0 Å². The van der Waals surface area contributed by atoms with Gasteiger partial charge in [0.25, 0.3) is 0 Å². The van der Waals surface area contributed by atoms with Gasteiger partial charge in [-0.2, -0.15) is 0 Å². The van der Waals surface area contributed by atoms with Crippen LogP contribution in [0.15, 0.2) is 42.9 Å². The third-order valence-electron chi connectivity index (χ3n) is 2.60. The molecule has 3 nitrogen and oxygen atoms in total. The number of aryl methyl sites for hydroxylation is 1. The number of nitrogens with zero attached hydrogens (tertiary/aromatic N) is 2. The van der Waals surface area contributed by atoms with Crippen molar-refractivity contribution >= 4 is 0 Å². The molecule has 0 radical (unpaired) electrons. The highest BCUT2D eigenvalue weighted by atomic mass is 14.9. The lowest BCUT2D eigenvalue weighted by molar-refractivity contribution is 0.687. The summed E-state index contributed by atoms with van der Waals surface area (Å²) in [6.45, 7) is 1.99. The molecule has 3 heteroatoms. The lowest BCUT2D eigenvalue weighted by Crippen LogP contribution is -2.17. The first kappa shape index (κ1) is 10.8. The molecule has 2 heterocycles. The zero-order chi connectivity index (χ0) is 11.4. The van der Waals surface area contributed by atoms with E-state index in [1.54, 1.807) is 12.4 Å². The van der Waals surface area contributed by atoms with Crippen LogP contribution in [0.1, 0.15) is 22.9 Å². The summed E-state index contributed by atoms with van der Waals surface area (Å²) < 4.78 is 0. The molecule has 0 bridgehead atoms. The molecule has 0 aliphatic rings. The van der Waals surface area contributed by atoms with Crippen LogP contribution in [0.3, 0.4) is 0 Å². The van der Waals surface area contributed by atoms with Crippen molar-refractivity contribution in [1.82, 2.24) is 15.3 Å². The van der Waals surface area contributed by atoms with E-state index in [-0.39, 0.29) is 6.04 Å². The molecule has 0 spiro atoms. The molecule has 0 aliphatic carbocycles. The summed E-state index contributed by atoms with van der Waals surface area (Å²) in [6.07, 6.45) is 5.53. The van der Waals surface area contributed by atoms with E-state index in [4.69, 9.17) is 0 Å². The zero-order valence-electron chi connectivity index (χ0n) is 9.51. The number of rotatable bonds is 3. The van der Waals surface area contributed by atoms with Gasteiger partial charge in [-0.15, -0.1) is 0 Å². The molecule has 0 amide bonds. The second-order valence-electron chi connectivity index (χ2n) is 3.74. The Morgan fingerprint density at radius 3 is 2.38 bits per heavy atom. The van der Waals surface area contributed by atoms with E-state index in [9.17, 15) is 0 Å². The molecule has 1 atom stereocenters. The quantitative estimate of drug-likeness (QED) is 0.848. The average molecular weight is 213 g/mol. The topological polar surface area (TPSA) is 37.8 Å². The smallest absolute Gasteiger partial charge is 0.0590 e. The first-order chi connectivity index (χ1) is 7.81. The molecule has 2 aromatic heterocycles. The molecule has 82 valence electrons. The molecular formula is C13H15N3. The van der Waals surface area contributed by atoms with Crippen molar-refractivity contribution in [2.24, 2.45) is 0 Å². The summed E-state index contributed by atoms with van der Waals surface area (Å²) in [5.74, 6) is 0. The number of hydrogen-bond donors (Lipinski definition) is 1. The largest absolute Gasteiger partial charge is 0.309 e. The molecule has 0 saturated carbocycles. The molecule has 2 rings (SSSR count). The Bertz CT molecular complexity index is 436. The highest BCUT2D eigenvalue weighted by molar-refractivity contribution is 5.29. The van der Waals surface area contributed by atoms with E-state index in [0.29, 0.717) is 0 Å². The number of aromatic nitrogens is 2. The third-order valence-corrected chi connectivity index (χ3v) is 2.60. The molecule has 0 fully saturated rings. The first-order valence-corrected chi connectivity index (χ1v) is 5.31. The Balaban J connectivity index is 2.33. The van der Waals surface area contributed by atoms with Gasteiger partial charge in [-0.05, 0) is 43.3 Å². The lowest BCUT2D eigenvalue weighted by atomic mass is 10.0. The van der Waals surface area contributed by atoms with Crippen molar-refractivity contribution in [3.8, 4) is 0 Å². The van der Waals surface area contributed by atoms with E-state index in [1.165, 1.54) is 11.1 Å². The van der Waals surface area contributed by atoms with Gasteiger partial charge in [0, 0.05) is 24.3 Å². The minimum Gasteiger partial charge on any atom is -0.309 e. The average Bonchev–Trinajstić information content (AvgIpc) is 2.34. The maximum Gasteiger partial charge on any atom is 0.0590 e. The number of nitrogens with one attached hydrogen (secondary N) is 1. The van der Waals surface area contributed by atoms with Crippen LogP contribution in [0.25, 0.3) is 0 Å². The van der Waals surface area contributed by atoms with Crippen LogP contribution in [0.2, 0.25) is 0 Å². The summed E-state index contributed by atoms with van der Waals surface area (Å²) in [7, 11) is 1.95. The molecule has 0 saturated heterocycles. The summed E-state index contributed by atoms with van der Waals surface area (Å²) in [4.78, 5) is 8.34. The molecule has 1 N–H and O–H groups in total. The Morgan fingerprint density at radius 1 is 1.06 bits per heavy atom. The summed E-state index contributed by atoms with van der Waals surface area (Å²) in [5.41, 5.74) is 3.40. The van der Waals surface area contributed by atoms with Gasteiger partial charge in [0.1, 0.15) is 0 Å². The summed E-state index contributed by atoms with van der Waals surface area (Å²) in [6, 6.07) is 8.34. The zero-order valence-corrected chi connectivity index (χ0v) is 9.51. The molecule has 2 aromatic rings. The van der Waals surface area contributed by atoms with Crippen molar-refractivity contribution in [2.45, 2.75) is 13.0 Å². The highest BCUT2D eigenvalue weighted by Crippen LogP contribution is 2.20. The van der Waals surface area contributed by atoms with Crippen LogP contribution in [-0.2, 0) is 0 Å². The standard InChI is InChI=1S/C13H15N3/c1-10-3-4-12(9-16-10)13(14-2)11-5-7-15-8-6-11/h3-9,13-14H,1-2H3. The third kappa shape index (κ3) is 2.25. The van der Waals surface area contributed by atoms with Crippen molar-refractivity contribution in [3.05, 3.63) is 59.7 Å². The van der Waals surface area contributed by atoms with E-state index < -0.39 is 0 Å². The lowest BCUT2D eigenvalue weighted by Gasteiger charge is -2.16. The molecule has 1 unspecified atom stereocenters. The van der Waals surface area contributed by atoms with Crippen molar-refractivity contribution < 1.29 is 0 Å². The normalized spacial score (nSPS) is 12.4. The van der Waals surface area contributed by atoms with E-state index in [2.05, 4.69) is 21.4 Å². The second-order valence-corrected chi connectivity index (χ2v) is 3.74. The Kier molecular flexibility index (Phi) is 3.27. The van der Waals surface area contributed by atoms with Gasteiger partial charge < -0.3 is 5.32 Å². The fourth-order valence-electron chi connectivity index (χ4n) is 1.73. The molecular weight excluding hydrogens is 198 g/mol. The monoisotopic (exact) mass is 213 g/mol. The van der Waals surface area contributed by atoms with Crippen molar-refractivity contribution in [1.29, 1.82) is 0 Å². The molecule has 0 aromatic carbocycles. The van der Waals surface area contributed by atoms with Crippen LogP contribution in [-0.4, -0.2) is 17.0 Å². The van der Waals surface area contributed by atoms with Gasteiger partial charge >= 0.3 is 0 Å². The SMILES string of the molecule is CNC(c1ccncc1)c1ccc(C)nc1. The van der Waals surface area contributed by atoms with Crippen LogP contribution in [0, 0.1) is 6.92 Å². The van der Waals surface area contributed by atoms with Crippen LogP contribution < -0.4 is 5.32 Å². The van der Waals surface area contributed by atoms with Crippen molar-refractivity contribution in [3.63, 3.8) is 0 Å². The van der Waals surface area contributed by atoms with Gasteiger partial charge in [0.05, 0.1) is 6.04 Å². The van der Waals surface area contributed by atoms with Crippen LogP contribution in [0.5, 0.6) is 0 Å². The van der Waals surface area contributed by atoms with Gasteiger partial charge in [0.15, 0.2) is 0 Å².